The molecule has 0 aliphatic carbocycles. The third kappa shape index (κ3) is 4.77. The third-order valence-electron chi connectivity index (χ3n) is 5.31. The van der Waals surface area contributed by atoms with Crippen LogP contribution in [-0.2, 0) is 16.0 Å². The molecule has 2 aliphatic heterocycles. The molecule has 0 radical (unpaired) electrons. The van der Waals surface area contributed by atoms with Crippen LogP contribution in [0, 0.1) is 0 Å². The first-order valence-electron chi connectivity index (χ1n) is 10.4. The minimum absolute atomic E-state index is 0.0724. The lowest BCUT2D eigenvalue weighted by atomic mass is 10.0. The molecule has 2 aliphatic rings. The van der Waals surface area contributed by atoms with Crippen molar-refractivity contribution < 1.29 is 19.1 Å². The first-order valence-corrected chi connectivity index (χ1v) is 10.8. The second-order valence-electron chi connectivity index (χ2n) is 8.78. The predicted molar refractivity (Wildman–Crippen MR) is 117 cm³/mol. The van der Waals surface area contributed by atoms with Gasteiger partial charge in [-0.1, -0.05) is 11.6 Å². The Balaban J connectivity index is 1.42. The molecular weight excluding hydrogens is 418 g/mol. The molecule has 31 heavy (non-hydrogen) atoms. The molecule has 2 aromatic rings. The second-order valence-corrected chi connectivity index (χ2v) is 9.22. The summed E-state index contributed by atoms with van der Waals surface area (Å²) in [5.41, 5.74) is 2.18. The Labute approximate surface area is 186 Å². The van der Waals surface area contributed by atoms with Gasteiger partial charge in [0.15, 0.2) is 6.10 Å². The van der Waals surface area contributed by atoms with Gasteiger partial charge in [-0.25, -0.2) is 4.79 Å². The monoisotopic (exact) mass is 443 g/mol. The summed E-state index contributed by atoms with van der Waals surface area (Å²) in [5.74, 6) is 0.623. The Hall–Kier alpha value is -2.80. The molecule has 3 heterocycles. The van der Waals surface area contributed by atoms with Crippen LogP contribution < -0.4 is 4.74 Å². The maximum absolute atomic E-state index is 13.1. The van der Waals surface area contributed by atoms with Crippen LogP contribution in [0.3, 0.4) is 0 Å². The van der Waals surface area contributed by atoms with E-state index in [0.717, 1.165) is 16.7 Å². The lowest BCUT2D eigenvalue weighted by Gasteiger charge is -2.36. The van der Waals surface area contributed by atoms with Gasteiger partial charge in [0.1, 0.15) is 11.4 Å². The topological polar surface area (TPSA) is 72.0 Å². The molecule has 1 saturated heterocycles. The van der Waals surface area contributed by atoms with Gasteiger partial charge in [0.05, 0.1) is 0 Å². The third-order valence-corrected chi connectivity index (χ3v) is 5.52. The molecule has 1 unspecified atom stereocenters. The Morgan fingerprint density at radius 2 is 1.74 bits per heavy atom. The van der Waals surface area contributed by atoms with E-state index in [0.29, 0.717) is 43.4 Å². The van der Waals surface area contributed by atoms with Gasteiger partial charge in [-0.3, -0.25) is 9.78 Å². The number of carbonyl (C=O) groups excluding carboxylic acids is 2. The minimum atomic E-state index is -0.595. The number of piperazine rings is 1. The number of carbonyl (C=O) groups is 2. The zero-order valence-corrected chi connectivity index (χ0v) is 18.7. The summed E-state index contributed by atoms with van der Waals surface area (Å²) in [6.07, 6.45) is 2.95. The highest BCUT2D eigenvalue weighted by molar-refractivity contribution is 6.31. The smallest absolute Gasteiger partial charge is 0.410 e. The number of aromatic nitrogens is 1. The van der Waals surface area contributed by atoms with Gasteiger partial charge in [-0.15, -0.1) is 0 Å². The van der Waals surface area contributed by atoms with E-state index in [9.17, 15) is 9.59 Å². The van der Waals surface area contributed by atoms with Gasteiger partial charge in [0.25, 0.3) is 5.91 Å². The van der Waals surface area contributed by atoms with Gasteiger partial charge >= 0.3 is 6.09 Å². The SMILES string of the molecule is CC(C)(C)OC(=O)N1CCN(C(=O)C2Cc3cc(Cl)cc(-c4ccncc4)c3O2)CC1. The summed E-state index contributed by atoms with van der Waals surface area (Å²) < 4.78 is 11.6. The van der Waals surface area contributed by atoms with Crippen LogP contribution >= 0.6 is 11.6 Å². The van der Waals surface area contributed by atoms with E-state index in [1.165, 1.54) is 0 Å². The summed E-state index contributed by atoms with van der Waals surface area (Å²) in [6, 6.07) is 7.48. The molecule has 0 saturated carbocycles. The van der Waals surface area contributed by atoms with Crippen molar-refractivity contribution in [1.29, 1.82) is 0 Å². The van der Waals surface area contributed by atoms with Crippen LogP contribution in [0.15, 0.2) is 36.7 Å². The fourth-order valence-corrected chi connectivity index (χ4v) is 4.09. The lowest BCUT2D eigenvalue weighted by Crippen LogP contribution is -2.54. The molecule has 2 amide bonds. The van der Waals surface area contributed by atoms with Crippen molar-refractivity contribution in [2.24, 2.45) is 0 Å². The Kier molecular flexibility index (Phi) is 5.79. The lowest BCUT2D eigenvalue weighted by molar-refractivity contribution is -0.139. The average Bonchev–Trinajstić information content (AvgIpc) is 3.16. The molecule has 1 aromatic heterocycles. The van der Waals surface area contributed by atoms with Gasteiger partial charge in [-0.05, 0) is 50.6 Å². The van der Waals surface area contributed by atoms with Gasteiger partial charge in [-0.2, -0.15) is 0 Å². The van der Waals surface area contributed by atoms with Crippen molar-refractivity contribution in [2.45, 2.75) is 38.9 Å². The zero-order chi connectivity index (χ0) is 22.2. The minimum Gasteiger partial charge on any atom is -0.479 e. The van der Waals surface area contributed by atoms with Gasteiger partial charge < -0.3 is 19.3 Å². The molecule has 0 bridgehead atoms. The van der Waals surface area contributed by atoms with Crippen LogP contribution in [0.1, 0.15) is 26.3 Å². The highest BCUT2D eigenvalue weighted by Crippen LogP contribution is 2.41. The van der Waals surface area contributed by atoms with Crippen molar-refractivity contribution in [3.63, 3.8) is 0 Å². The van der Waals surface area contributed by atoms with Crippen LogP contribution in [0.25, 0.3) is 11.1 Å². The average molecular weight is 444 g/mol. The number of hydrogen-bond donors (Lipinski definition) is 0. The molecular formula is C23H26ClN3O4. The van der Waals surface area contributed by atoms with Crippen molar-refractivity contribution in [3.05, 3.63) is 47.2 Å². The molecule has 8 heteroatoms. The van der Waals surface area contributed by atoms with Crippen molar-refractivity contribution in [2.75, 3.05) is 26.2 Å². The number of pyridine rings is 1. The molecule has 1 atom stereocenters. The quantitative estimate of drug-likeness (QED) is 0.706. The maximum atomic E-state index is 13.1. The van der Waals surface area contributed by atoms with E-state index in [2.05, 4.69) is 4.98 Å². The molecule has 1 fully saturated rings. The van der Waals surface area contributed by atoms with E-state index in [1.54, 1.807) is 22.2 Å². The fraction of sp³-hybridized carbons (Fsp3) is 0.435. The second kappa shape index (κ2) is 8.38. The number of rotatable bonds is 2. The summed E-state index contributed by atoms with van der Waals surface area (Å²) in [4.78, 5) is 32.8. The number of halogens is 1. The maximum Gasteiger partial charge on any atom is 0.410 e. The number of amides is 2. The van der Waals surface area contributed by atoms with Crippen molar-refractivity contribution in [3.8, 4) is 16.9 Å². The van der Waals surface area contributed by atoms with Crippen LogP contribution in [0.2, 0.25) is 5.02 Å². The molecule has 7 nitrogen and oxygen atoms in total. The highest BCUT2D eigenvalue weighted by atomic mass is 35.5. The molecule has 1 aromatic carbocycles. The summed E-state index contributed by atoms with van der Waals surface area (Å²) in [5, 5.41) is 0.605. The van der Waals surface area contributed by atoms with Crippen LogP contribution in [-0.4, -0.2) is 64.7 Å². The number of fused-ring (bicyclic) bond motifs is 1. The van der Waals surface area contributed by atoms with E-state index in [-0.39, 0.29) is 12.0 Å². The molecule has 164 valence electrons. The summed E-state index contributed by atoms with van der Waals surface area (Å²) in [6.45, 7) is 7.30. The Bertz CT molecular complexity index is 982. The van der Waals surface area contributed by atoms with Gasteiger partial charge in [0.2, 0.25) is 0 Å². The van der Waals surface area contributed by atoms with E-state index in [4.69, 9.17) is 21.1 Å². The standard InChI is InChI=1S/C23H26ClN3O4/c1-23(2,3)31-22(29)27-10-8-26(9-11-27)21(28)19-13-16-12-17(24)14-18(20(16)30-19)15-4-6-25-7-5-15/h4-7,12,14,19H,8-11,13H2,1-3H3. The number of nitrogens with zero attached hydrogens (tertiary/aromatic N) is 3. The van der Waals surface area contributed by atoms with Crippen molar-refractivity contribution >= 4 is 23.6 Å². The van der Waals surface area contributed by atoms with Gasteiger partial charge in [0, 0.05) is 61.1 Å². The number of hydrogen-bond acceptors (Lipinski definition) is 5. The van der Waals surface area contributed by atoms with Crippen LogP contribution in [0.4, 0.5) is 4.79 Å². The number of ether oxygens (including phenoxy) is 2. The fourth-order valence-electron chi connectivity index (χ4n) is 3.85. The highest BCUT2D eigenvalue weighted by Gasteiger charge is 2.36. The molecule has 4 rings (SSSR count). The van der Waals surface area contributed by atoms with E-state index in [1.807, 2.05) is 45.0 Å². The summed E-state index contributed by atoms with van der Waals surface area (Å²) in [7, 11) is 0. The zero-order valence-electron chi connectivity index (χ0n) is 17.9. The van der Waals surface area contributed by atoms with E-state index < -0.39 is 11.7 Å². The Morgan fingerprint density at radius 3 is 2.39 bits per heavy atom. The van der Waals surface area contributed by atoms with E-state index >= 15 is 0 Å². The number of benzene rings is 1. The normalized spacial score (nSPS) is 18.4. The van der Waals surface area contributed by atoms with Crippen LogP contribution in [0.5, 0.6) is 5.75 Å². The molecule has 0 N–H and O–H groups in total. The van der Waals surface area contributed by atoms with Crippen molar-refractivity contribution in [1.82, 2.24) is 14.8 Å². The molecule has 0 spiro atoms. The first-order chi connectivity index (χ1) is 14.7. The predicted octanol–water partition coefficient (Wildman–Crippen LogP) is 3.78. The Morgan fingerprint density at radius 1 is 1.10 bits per heavy atom. The summed E-state index contributed by atoms with van der Waals surface area (Å²) >= 11 is 6.33. The first kappa shape index (κ1) is 21.4. The largest absolute Gasteiger partial charge is 0.479 e.